The molecule has 0 spiro atoms. The number of rotatable bonds is 4. The number of hydrogen-bond donors (Lipinski definition) is 1. The van der Waals surface area contributed by atoms with Gasteiger partial charge in [-0.25, -0.2) is 0 Å². The van der Waals surface area contributed by atoms with E-state index in [0.717, 1.165) is 11.1 Å². The Labute approximate surface area is 185 Å². The van der Waals surface area contributed by atoms with E-state index in [2.05, 4.69) is 5.32 Å². The van der Waals surface area contributed by atoms with E-state index < -0.39 is 6.04 Å². The van der Waals surface area contributed by atoms with Crippen LogP contribution < -0.4 is 14.8 Å². The number of nitrogens with zero attached hydrogens (tertiary/aromatic N) is 1. The molecule has 0 saturated heterocycles. The quantitative estimate of drug-likeness (QED) is 0.652. The van der Waals surface area contributed by atoms with Crippen molar-refractivity contribution in [3.8, 4) is 11.5 Å². The molecule has 0 aromatic heterocycles. The molecule has 0 saturated carbocycles. The van der Waals surface area contributed by atoms with E-state index in [0.29, 0.717) is 27.8 Å². The number of carbonyl (C=O) groups excluding carboxylic acids is 2. The summed E-state index contributed by atoms with van der Waals surface area (Å²) in [4.78, 5) is 28.0. The van der Waals surface area contributed by atoms with Crippen LogP contribution in [0.15, 0.2) is 66.7 Å². The van der Waals surface area contributed by atoms with E-state index in [1.807, 2.05) is 30.3 Å². The van der Waals surface area contributed by atoms with Crippen molar-refractivity contribution in [3.05, 3.63) is 88.4 Å². The zero-order valence-corrected chi connectivity index (χ0v) is 17.8. The first-order valence-electron chi connectivity index (χ1n) is 9.69. The number of amides is 2. The highest BCUT2D eigenvalue weighted by Crippen LogP contribution is 2.39. The van der Waals surface area contributed by atoms with Crippen LogP contribution >= 0.6 is 11.6 Å². The van der Waals surface area contributed by atoms with Crippen molar-refractivity contribution < 1.29 is 19.1 Å². The highest BCUT2D eigenvalue weighted by molar-refractivity contribution is 6.30. The second-order valence-corrected chi connectivity index (χ2v) is 7.53. The van der Waals surface area contributed by atoms with Gasteiger partial charge in [0.1, 0.15) is 18.0 Å². The smallest absolute Gasteiger partial charge is 0.258 e. The Kier molecular flexibility index (Phi) is 5.82. The second-order valence-electron chi connectivity index (χ2n) is 7.09. The fourth-order valence-electron chi connectivity index (χ4n) is 3.79. The number of halogens is 1. The van der Waals surface area contributed by atoms with Crippen molar-refractivity contribution in [1.82, 2.24) is 4.90 Å². The van der Waals surface area contributed by atoms with Crippen LogP contribution in [0.3, 0.4) is 0 Å². The van der Waals surface area contributed by atoms with E-state index in [-0.39, 0.29) is 18.4 Å². The lowest BCUT2D eigenvalue weighted by molar-refractivity contribution is -0.117. The third kappa shape index (κ3) is 4.07. The molecule has 7 heteroatoms. The van der Waals surface area contributed by atoms with Gasteiger partial charge in [0.15, 0.2) is 0 Å². The van der Waals surface area contributed by atoms with Gasteiger partial charge in [-0.1, -0.05) is 41.9 Å². The Hall–Kier alpha value is -3.51. The largest absolute Gasteiger partial charge is 0.497 e. The molecule has 0 fully saturated rings. The average molecular weight is 437 g/mol. The molecule has 158 valence electrons. The lowest BCUT2D eigenvalue weighted by Gasteiger charge is -2.31. The molecular weight excluding hydrogens is 416 g/mol. The molecule has 3 aromatic rings. The minimum Gasteiger partial charge on any atom is -0.497 e. The minimum absolute atomic E-state index is 0.125. The Morgan fingerprint density at radius 1 is 1.03 bits per heavy atom. The summed E-state index contributed by atoms with van der Waals surface area (Å²) in [5, 5.41) is 3.41. The van der Waals surface area contributed by atoms with Crippen LogP contribution in [0, 0.1) is 0 Å². The van der Waals surface area contributed by atoms with Crippen LogP contribution in [0.2, 0.25) is 5.02 Å². The van der Waals surface area contributed by atoms with Gasteiger partial charge < -0.3 is 19.7 Å². The number of methoxy groups -OCH3 is 2. The van der Waals surface area contributed by atoms with Crippen molar-refractivity contribution in [2.75, 3.05) is 26.1 Å². The molecule has 31 heavy (non-hydrogen) atoms. The van der Waals surface area contributed by atoms with E-state index in [9.17, 15) is 9.59 Å². The van der Waals surface area contributed by atoms with E-state index in [1.165, 1.54) is 12.0 Å². The molecule has 0 bridgehead atoms. The molecule has 2 amide bonds. The monoisotopic (exact) mass is 436 g/mol. The van der Waals surface area contributed by atoms with Gasteiger partial charge in [-0.2, -0.15) is 0 Å². The molecule has 4 rings (SSSR count). The van der Waals surface area contributed by atoms with Gasteiger partial charge in [-0.05, 0) is 35.9 Å². The fourth-order valence-corrected chi connectivity index (χ4v) is 3.97. The van der Waals surface area contributed by atoms with Gasteiger partial charge in [-0.15, -0.1) is 0 Å². The first-order chi connectivity index (χ1) is 15.0. The maximum Gasteiger partial charge on any atom is 0.258 e. The van der Waals surface area contributed by atoms with Crippen molar-refractivity contribution in [1.29, 1.82) is 0 Å². The second kappa shape index (κ2) is 8.70. The Bertz CT molecular complexity index is 1130. The number of nitrogens with one attached hydrogen (secondary N) is 1. The first-order valence-corrected chi connectivity index (χ1v) is 10.1. The highest BCUT2D eigenvalue weighted by Gasteiger charge is 2.35. The van der Waals surface area contributed by atoms with E-state index in [4.69, 9.17) is 21.1 Å². The van der Waals surface area contributed by atoms with E-state index >= 15 is 0 Å². The summed E-state index contributed by atoms with van der Waals surface area (Å²) >= 11 is 6.29. The Morgan fingerprint density at radius 3 is 2.52 bits per heavy atom. The van der Waals surface area contributed by atoms with Gasteiger partial charge in [-0.3, -0.25) is 9.59 Å². The zero-order chi connectivity index (χ0) is 22.0. The first kappa shape index (κ1) is 20.8. The van der Waals surface area contributed by atoms with E-state index in [1.54, 1.807) is 43.5 Å². The SMILES string of the molecule is COc1ccc(C(=O)N2CC(=O)Nc3ccc(Cl)cc3C2c2ccccc2)c(OC)c1. The Morgan fingerprint density at radius 2 is 1.81 bits per heavy atom. The molecule has 1 aliphatic rings. The van der Waals surface area contributed by atoms with Crippen LogP contribution in [0.4, 0.5) is 5.69 Å². The summed E-state index contributed by atoms with van der Waals surface area (Å²) in [5.41, 5.74) is 2.57. The van der Waals surface area contributed by atoms with Crippen molar-refractivity contribution >= 4 is 29.1 Å². The maximum atomic E-state index is 13.7. The third-order valence-corrected chi connectivity index (χ3v) is 5.46. The predicted molar refractivity (Wildman–Crippen MR) is 119 cm³/mol. The lowest BCUT2D eigenvalue weighted by atomic mass is 9.95. The minimum atomic E-state index is -0.520. The molecule has 0 aliphatic carbocycles. The summed E-state index contributed by atoms with van der Waals surface area (Å²) < 4.78 is 10.7. The number of ether oxygens (including phenoxy) is 2. The molecule has 1 N–H and O–H groups in total. The lowest BCUT2D eigenvalue weighted by Crippen LogP contribution is -2.39. The standard InChI is InChI=1S/C24H21ClN2O4/c1-30-17-9-10-18(21(13-17)31-2)24(29)27-14-22(28)26-20-11-8-16(25)12-19(20)23(27)15-6-4-3-5-7-15/h3-13,23H,14H2,1-2H3,(H,26,28). The Balaban J connectivity index is 1.88. The van der Waals surface area contributed by atoms with Gasteiger partial charge in [0, 0.05) is 22.3 Å². The topological polar surface area (TPSA) is 67.9 Å². The number of benzene rings is 3. The van der Waals surface area contributed by atoms with Crippen molar-refractivity contribution in [2.45, 2.75) is 6.04 Å². The predicted octanol–water partition coefficient (Wildman–Crippen LogP) is 4.54. The van der Waals surface area contributed by atoms with Crippen LogP contribution in [0.25, 0.3) is 0 Å². The summed E-state index contributed by atoms with van der Waals surface area (Å²) in [6.07, 6.45) is 0. The molecule has 1 aliphatic heterocycles. The summed E-state index contributed by atoms with van der Waals surface area (Å²) in [7, 11) is 3.03. The summed E-state index contributed by atoms with van der Waals surface area (Å²) in [5.74, 6) is 0.310. The highest BCUT2D eigenvalue weighted by atomic mass is 35.5. The fraction of sp³-hybridized carbons (Fsp3) is 0.167. The summed E-state index contributed by atoms with van der Waals surface area (Å²) in [6.45, 7) is -0.125. The maximum absolute atomic E-state index is 13.7. The van der Waals surface area contributed by atoms with Crippen LogP contribution in [0.1, 0.15) is 27.5 Å². The molecular formula is C24H21ClN2O4. The molecule has 1 heterocycles. The number of anilines is 1. The van der Waals surface area contributed by atoms with Gasteiger partial charge in [0.05, 0.1) is 25.8 Å². The average Bonchev–Trinajstić information content (AvgIpc) is 2.94. The third-order valence-electron chi connectivity index (χ3n) is 5.22. The van der Waals surface area contributed by atoms with Crippen LogP contribution in [0.5, 0.6) is 11.5 Å². The van der Waals surface area contributed by atoms with Crippen LogP contribution in [-0.2, 0) is 4.79 Å². The van der Waals surface area contributed by atoms with Gasteiger partial charge >= 0.3 is 0 Å². The van der Waals surface area contributed by atoms with Crippen LogP contribution in [-0.4, -0.2) is 37.5 Å². The normalized spacial score (nSPS) is 15.5. The molecule has 1 atom stereocenters. The van der Waals surface area contributed by atoms with Crippen molar-refractivity contribution in [3.63, 3.8) is 0 Å². The molecule has 0 radical (unpaired) electrons. The van der Waals surface area contributed by atoms with Crippen molar-refractivity contribution in [2.24, 2.45) is 0 Å². The van der Waals surface area contributed by atoms with Gasteiger partial charge in [0.2, 0.25) is 5.91 Å². The molecule has 6 nitrogen and oxygen atoms in total. The summed E-state index contributed by atoms with van der Waals surface area (Å²) in [6, 6.07) is 19.3. The molecule has 1 unspecified atom stereocenters. The van der Waals surface area contributed by atoms with Gasteiger partial charge in [0.25, 0.3) is 5.91 Å². The number of carbonyl (C=O) groups is 2. The number of hydrogen-bond acceptors (Lipinski definition) is 4. The number of fused-ring (bicyclic) bond motifs is 1. The zero-order valence-electron chi connectivity index (χ0n) is 17.1. The molecule has 3 aromatic carbocycles.